The van der Waals surface area contributed by atoms with Gasteiger partial charge in [-0.25, -0.2) is 0 Å². The number of aromatic hydroxyl groups is 1. The van der Waals surface area contributed by atoms with E-state index in [-0.39, 0.29) is 5.75 Å². The minimum atomic E-state index is 0.0834. The van der Waals surface area contributed by atoms with Gasteiger partial charge in [0.05, 0.1) is 5.56 Å². The highest BCUT2D eigenvalue weighted by atomic mass is 16.3. The molecule has 72 valence electrons. The molecule has 0 aromatic heterocycles. The van der Waals surface area contributed by atoms with Crippen LogP contribution < -0.4 is 5.73 Å². The fourth-order valence-electron chi connectivity index (χ4n) is 0.957. The maximum Gasteiger partial charge on any atom is 0.150 e. The third-order valence-electron chi connectivity index (χ3n) is 1.65. The zero-order chi connectivity index (χ0) is 10.4. The van der Waals surface area contributed by atoms with Crippen molar-refractivity contribution in [3.8, 4) is 17.6 Å². The van der Waals surface area contributed by atoms with Crippen LogP contribution in [0.25, 0.3) is 0 Å². The molecule has 0 radical (unpaired) electrons. The smallest absolute Gasteiger partial charge is 0.150 e. The van der Waals surface area contributed by atoms with Gasteiger partial charge in [-0.1, -0.05) is 11.8 Å². The topological polar surface area (TPSA) is 63.3 Å². The SMILES string of the molecule is NCCC#Cc1cc(C=O)ccc1O. The minimum Gasteiger partial charge on any atom is -0.507 e. The van der Waals surface area contributed by atoms with Crippen LogP contribution in [-0.2, 0) is 0 Å². The molecule has 0 saturated heterocycles. The fraction of sp³-hybridized carbons (Fsp3) is 0.182. The Bertz CT molecular complexity index is 388. The predicted molar refractivity (Wildman–Crippen MR) is 54.0 cm³/mol. The molecule has 0 bridgehead atoms. The highest BCUT2D eigenvalue weighted by Gasteiger charge is 1.98. The van der Waals surface area contributed by atoms with Crippen molar-refractivity contribution in [3.63, 3.8) is 0 Å². The molecule has 1 aromatic rings. The summed E-state index contributed by atoms with van der Waals surface area (Å²) < 4.78 is 0. The van der Waals surface area contributed by atoms with E-state index in [2.05, 4.69) is 11.8 Å². The lowest BCUT2D eigenvalue weighted by Crippen LogP contribution is -1.95. The van der Waals surface area contributed by atoms with Crippen LogP contribution in [-0.4, -0.2) is 17.9 Å². The lowest BCUT2D eigenvalue weighted by molar-refractivity contribution is 0.112. The number of nitrogens with two attached hydrogens (primary N) is 1. The quantitative estimate of drug-likeness (QED) is 0.536. The first-order chi connectivity index (χ1) is 6.77. The Morgan fingerprint density at radius 1 is 1.50 bits per heavy atom. The lowest BCUT2D eigenvalue weighted by Gasteiger charge is -1.96. The summed E-state index contributed by atoms with van der Waals surface area (Å²) in [6, 6.07) is 4.54. The Balaban J connectivity index is 2.96. The summed E-state index contributed by atoms with van der Waals surface area (Å²) in [6.07, 6.45) is 1.29. The maximum atomic E-state index is 10.5. The second-order valence-corrected chi connectivity index (χ2v) is 2.73. The van der Waals surface area contributed by atoms with Crippen LogP contribution in [0.3, 0.4) is 0 Å². The van der Waals surface area contributed by atoms with E-state index in [1.165, 1.54) is 12.1 Å². The number of carbonyl (C=O) groups excluding carboxylic acids is 1. The lowest BCUT2D eigenvalue weighted by atomic mass is 10.1. The van der Waals surface area contributed by atoms with E-state index >= 15 is 0 Å². The molecule has 0 atom stereocenters. The predicted octanol–water partition coefficient (Wildman–Crippen LogP) is 0.905. The summed E-state index contributed by atoms with van der Waals surface area (Å²) in [6.45, 7) is 0.487. The second kappa shape index (κ2) is 5.05. The Labute approximate surface area is 82.6 Å². The van der Waals surface area contributed by atoms with Crippen molar-refractivity contribution in [2.24, 2.45) is 5.73 Å². The van der Waals surface area contributed by atoms with Crippen LogP contribution in [0.4, 0.5) is 0 Å². The third kappa shape index (κ3) is 2.61. The average Bonchev–Trinajstić information content (AvgIpc) is 2.21. The number of benzene rings is 1. The van der Waals surface area contributed by atoms with E-state index in [0.717, 1.165) is 0 Å². The molecule has 1 aromatic carbocycles. The first-order valence-electron chi connectivity index (χ1n) is 4.25. The first-order valence-corrected chi connectivity index (χ1v) is 4.25. The largest absolute Gasteiger partial charge is 0.507 e. The van der Waals surface area contributed by atoms with Gasteiger partial charge in [0.15, 0.2) is 0 Å². The molecule has 0 heterocycles. The minimum absolute atomic E-state index is 0.0834. The Kier molecular flexibility index (Phi) is 3.71. The summed E-state index contributed by atoms with van der Waals surface area (Å²) in [5, 5.41) is 9.38. The molecular weight excluding hydrogens is 178 g/mol. The van der Waals surface area contributed by atoms with Gasteiger partial charge in [0.25, 0.3) is 0 Å². The summed E-state index contributed by atoms with van der Waals surface area (Å²) in [5.74, 6) is 5.63. The Hall–Kier alpha value is -1.79. The summed E-state index contributed by atoms with van der Waals surface area (Å²) >= 11 is 0. The molecule has 0 fully saturated rings. The van der Waals surface area contributed by atoms with E-state index in [1.807, 2.05) is 0 Å². The molecule has 0 saturated carbocycles. The Morgan fingerprint density at radius 2 is 2.29 bits per heavy atom. The summed E-state index contributed by atoms with van der Waals surface area (Å²) in [5.41, 5.74) is 6.23. The molecule has 0 aliphatic heterocycles. The van der Waals surface area contributed by atoms with Crippen LogP contribution in [0.1, 0.15) is 22.3 Å². The van der Waals surface area contributed by atoms with Crippen LogP contribution in [0, 0.1) is 11.8 Å². The van der Waals surface area contributed by atoms with E-state index in [4.69, 9.17) is 5.73 Å². The van der Waals surface area contributed by atoms with E-state index in [1.54, 1.807) is 6.07 Å². The normalized spacial score (nSPS) is 8.93. The number of carbonyl (C=O) groups is 1. The summed E-state index contributed by atoms with van der Waals surface area (Å²) in [7, 11) is 0. The van der Waals surface area contributed by atoms with Gasteiger partial charge in [-0.15, -0.1) is 0 Å². The zero-order valence-electron chi connectivity index (χ0n) is 7.66. The molecule has 14 heavy (non-hydrogen) atoms. The van der Waals surface area contributed by atoms with Crippen molar-refractivity contribution in [1.29, 1.82) is 0 Å². The molecule has 1 rings (SSSR count). The van der Waals surface area contributed by atoms with Crippen LogP contribution in [0.2, 0.25) is 0 Å². The zero-order valence-corrected chi connectivity index (χ0v) is 7.66. The number of hydrogen-bond acceptors (Lipinski definition) is 3. The third-order valence-corrected chi connectivity index (χ3v) is 1.65. The molecule has 0 amide bonds. The monoisotopic (exact) mass is 189 g/mol. The second-order valence-electron chi connectivity index (χ2n) is 2.73. The van der Waals surface area contributed by atoms with Crippen molar-refractivity contribution in [3.05, 3.63) is 29.3 Å². The highest BCUT2D eigenvalue weighted by molar-refractivity contribution is 5.76. The molecule has 0 aliphatic carbocycles. The standard InChI is InChI=1S/C11H11NO2/c12-6-2-1-3-10-7-9(8-13)4-5-11(10)14/h4-5,7-8,14H,2,6,12H2. The van der Waals surface area contributed by atoms with Crippen molar-refractivity contribution in [2.45, 2.75) is 6.42 Å². The molecular formula is C11H11NO2. The maximum absolute atomic E-state index is 10.5. The molecule has 0 unspecified atom stereocenters. The summed E-state index contributed by atoms with van der Waals surface area (Å²) in [4.78, 5) is 10.5. The van der Waals surface area contributed by atoms with Crippen molar-refractivity contribution in [1.82, 2.24) is 0 Å². The number of phenolic OH excluding ortho intramolecular Hbond substituents is 1. The van der Waals surface area contributed by atoms with Gasteiger partial charge in [-0.05, 0) is 18.2 Å². The van der Waals surface area contributed by atoms with Gasteiger partial charge in [0, 0.05) is 18.5 Å². The van der Waals surface area contributed by atoms with Gasteiger partial charge >= 0.3 is 0 Å². The van der Waals surface area contributed by atoms with E-state index < -0.39 is 0 Å². The van der Waals surface area contributed by atoms with Gasteiger partial charge < -0.3 is 10.8 Å². The molecule has 3 heteroatoms. The number of hydrogen-bond donors (Lipinski definition) is 2. The van der Waals surface area contributed by atoms with Crippen LogP contribution in [0.15, 0.2) is 18.2 Å². The first kappa shape index (κ1) is 10.3. The van der Waals surface area contributed by atoms with Crippen molar-refractivity contribution >= 4 is 6.29 Å². The van der Waals surface area contributed by atoms with Gasteiger partial charge in [-0.2, -0.15) is 0 Å². The molecule has 3 nitrogen and oxygen atoms in total. The number of rotatable bonds is 2. The van der Waals surface area contributed by atoms with E-state index in [0.29, 0.717) is 30.4 Å². The van der Waals surface area contributed by atoms with Crippen LogP contribution in [0.5, 0.6) is 5.75 Å². The highest BCUT2D eigenvalue weighted by Crippen LogP contribution is 2.16. The fourth-order valence-corrected chi connectivity index (χ4v) is 0.957. The van der Waals surface area contributed by atoms with Crippen molar-refractivity contribution < 1.29 is 9.90 Å². The van der Waals surface area contributed by atoms with Gasteiger partial charge in [0.2, 0.25) is 0 Å². The number of phenols is 1. The van der Waals surface area contributed by atoms with Gasteiger partial charge in [-0.3, -0.25) is 4.79 Å². The van der Waals surface area contributed by atoms with Crippen LogP contribution >= 0.6 is 0 Å². The number of aldehydes is 1. The van der Waals surface area contributed by atoms with Gasteiger partial charge in [0.1, 0.15) is 12.0 Å². The molecule has 0 spiro atoms. The van der Waals surface area contributed by atoms with E-state index in [9.17, 15) is 9.90 Å². The Morgan fingerprint density at radius 3 is 2.93 bits per heavy atom. The van der Waals surface area contributed by atoms with Crippen molar-refractivity contribution in [2.75, 3.05) is 6.54 Å². The molecule has 0 aliphatic rings. The average molecular weight is 189 g/mol. The molecule has 3 N–H and O–H groups in total.